The van der Waals surface area contributed by atoms with Crippen LogP contribution in [0.5, 0.6) is 0 Å². The summed E-state index contributed by atoms with van der Waals surface area (Å²) < 4.78 is 0. The maximum Gasteiger partial charge on any atom is 0.266 e. The molecule has 0 saturated heterocycles. The van der Waals surface area contributed by atoms with Gasteiger partial charge in [-0.3, -0.25) is 4.79 Å². The van der Waals surface area contributed by atoms with Crippen LogP contribution in [0.2, 0.25) is 0 Å². The van der Waals surface area contributed by atoms with E-state index in [9.17, 15) is 4.79 Å². The molecule has 4 heteroatoms. The highest BCUT2D eigenvalue weighted by molar-refractivity contribution is 5.23. The van der Waals surface area contributed by atoms with Gasteiger partial charge in [0.2, 0.25) is 0 Å². The SMILES string of the molecule is O=c1cnc(C#CCCO)c[nH]1. The van der Waals surface area contributed by atoms with Crippen LogP contribution in [0, 0.1) is 11.8 Å². The van der Waals surface area contributed by atoms with Crippen molar-refractivity contribution in [1.29, 1.82) is 0 Å². The number of aliphatic hydroxyl groups excluding tert-OH is 1. The molecule has 2 N–H and O–H groups in total. The zero-order valence-electron chi connectivity index (χ0n) is 6.37. The number of nitrogens with zero attached hydrogens (tertiary/aromatic N) is 1. The van der Waals surface area contributed by atoms with E-state index in [1.165, 1.54) is 12.4 Å². The molecular weight excluding hydrogens is 156 g/mol. The van der Waals surface area contributed by atoms with Crippen LogP contribution in [0.25, 0.3) is 0 Å². The molecule has 0 aliphatic carbocycles. The van der Waals surface area contributed by atoms with Crippen LogP contribution in [0.1, 0.15) is 12.1 Å². The molecular formula is C8H8N2O2. The van der Waals surface area contributed by atoms with E-state index in [4.69, 9.17) is 5.11 Å². The van der Waals surface area contributed by atoms with Crippen LogP contribution in [0.15, 0.2) is 17.2 Å². The van der Waals surface area contributed by atoms with Crippen molar-refractivity contribution >= 4 is 0 Å². The van der Waals surface area contributed by atoms with Crippen molar-refractivity contribution < 1.29 is 5.11 Å². The minimum Gasteiger partial charge on any atom is -0.395 e. The number of H-pyrrole nitrogens is 1. The van der Waals surface area contributed by atoms with Gasteiger partial charge >= 0.3 is 0 Å². The maximum atomic E-state index is 10.5. The molecule has 0 unspecified atom stereocenters. The Morgan fingerprint density at radius 2 is 2.50 bits per heavy atom. The highest BCUT2D eigenvalue weighted by Gasteiger charge is 1.85. The quantitative estimate of drug-likeness (QED) is 0.550. The molecule has 0 aliphatic rings. The highest BCUT2D eigenvalue weighted by Crippen LogP contribution is 1.82. The average molecular weight is 164 g/mol. The van der Waals surface area contributed by atoms with Gasteiger partial charge in [0.25, 0.3) is 5.56 Å². The fourth-order valence-electron chi connectivity index (χ4n) is 0.620. The summed E-state index contributed by atoms with van der Waals surface area (Å²) in [5, 5.41) is 8.41. The van der Waals surface area contributed by atoms with Crippen molar-refractivity contribution in [3.05, 3.63) is 28.4 Å². The number of aliphatic hydroxyl groups is 1. The molecule has 0 spiro atoms. The standard InChI is InChI=1S/C8H8N2O2/c11-4-2-1-3-7-5-10-8(12)6-9-7/h5-6,11H,2,4H2,(H,10,12). The van der Waals surface area contributed by atoms with Gasteiger partial charge in [0.1, 0.15) is 5.69 Å². The molecule has 0 bridgehead atoms. The fraction of sp³-hybridized carbons (Fsp3) is 0.250. The summed E-state index contributed by atoms with van der Waals surface area (Å²) in [6.07, 6.45) is 3.02. The summed E-state index contributed by atoms with van der Waals surface area (Å²) in [5.74, 6) is 5.37. The molecule has 1 heterocycles. The van der Waals surface area contributed by atoms with Crippen LogP contribution in [-0.4, -0.2) is 21.7 Å². The fourth-order valence-corrected chi connectivity index (χ4v) is 0.620. The lowest BCUT2D eigenvalue weighted by Crippen LogP contribution is -2.04. The normalized spacial score (nSPS) is 8.75. The molecule has 4 nitrogen and oxygen atoms in total. The molecule has 1 aromatic heterocycles. The number of nitrogens with one attached hydrogen (secondary N) is 1. The Morgan fingerprint density at radius 1 is 1.67 bits per heavy atom. The topological polar surface area (TPSA) is 66.0 Å². The van der Waals surface area contributed by atoms with Gasteiger partial charge in [0.05, 0.1) is 12.8 Å². The van der Waals surface area contributed by atoms with Gasteiger partial charge in [-0.15, -0.1) is 0 Å². The lowest BCUT2D eigenvalue weighted by atomic mass is 10.4. The van der Waals surface area contributed by atoms with E-state index in [-0.39, 0.29) is 12.2 Å². The largest absolute Gasteiger partial charge is 0.395 e. The minimum absolute atomic E-state index is 0.0380. The molecule has 0 aliphatic heterocycles. The van der Waals surface area contributed by atoms with Crippen LogP contribution in [0.3, 0.4) is 0 Å². The summed E-state index contributed by atoms with van der Waals surface area (Å²) in [5.41, 5.74) is 0.255. The summed E-state index contributed by atoms with van der Waals surface area (Å²) in [7, 11) is 0. The molecule has 0 fully saturated rings. The Hall–Kier alpha value is -1.60. The van der Waals surface area contributed by atoms with E-state index in [0.29, 0.717) is 12.1 Å². The monoisotopic (exact) mass is 164 g/mol. The second kappa shape index (κ2) is 4.31. The number of aromatic amines is 1. The molecule has 0 saturated carbocycles. The van der Waals surface area contributed by atoms with Gasteiger partial charge in [0.15, 0.2) is 0 Å². The maximum absolute atomic E-state index is 10.5. The lowest BCUT2D eigenvalue weighted by Gasteiger charge is -1.85. The molecule has 62 valence electrons. The first-order valence-electron chi connectivity index (χ1n) is 3.47. The Labute approximate surface area is 69.3 Å². The number of hydrogen-bond acceptors (Lipinski definition) is 3. The molecule has 1 rings (SSSR count). The van der Waals surface area contributed by atoms with Crippen molar-refractivity contribution in [3.8, 4) is 11.8 Å². The lowest BCUT2D eigenvalue weighted by molar-refractivity contribution is 0.305. The average Bonchev–Trinajstić information content (AvgIpc) is 2.09. The van der Waals surface area contributed by atoms with Gasteiger partial charge in [-0.2, -0.15) is 0 Å². The van der Waals surface area contributed by atoms with Crippen molar-refractivity contribution in [1.82, 2.24) is 9.97 Å². The van der Waals surface area contributed by atoms with Crippen molar-refractivity contribution in [2.24, 2.45) is 0 Å². The van der Waals surface area contributed by atoms with Crippen molar-refractivity contribution in [3.63, 3.8) is 0 Å². The Morgan fingerprint density at radius 3 is 3.08 bits per heavy atom. The van der Waals surface area contributed by atoms with Crippen LogP contribution in [0.4, 0.5) is 0 Å². The van der Waals surface area contributed by atoms with E-state index in [0.717, 1.165) is 0 Å². The Kier molecular flexibility index (Phi) is 3.05. The predicted octanol–water partition coefficient (Wildman–Crippen LogP) is -0.496. The van der Waals surface area contributed by atoms with Crippen molar-refractivity contribution in [2.45, 2.75) is 6.42 Å². The minimum atomic E-state index is -0.247. The zero-order chi connectivity index (χ0) is 8.81. The number of rotatable bonds is 1. The summed E-state index contributed by atoms with van der Waals surface area (Å²) >= 11 is 0. The first-order chi connectivity index (χ1) is 5.83. The third-order valence-corrected chi connectivity index (χ3v) is 1.13. The van der Waals surface area contributed by atoms with Crippen LogP contribution < -0.4 is 5.56 Å². The molecule has 0 atom stereocenters. The van der Waals surface area contributed by atoms with E-state index in [1.807, 2.05) is 0 Å². The second-order valence-electron chi connectivity index (χ2n) is 2.07. The summed E-state index contributed by atoms with van der Waals surface area (Å²) in [6.45, 7) is 0.0380. The highest BCUT2D eigenvalue weighted by atomic mass is 16.2. The van der Waals surface area contributed by atoms with E-state index in [2.05, 4.69) is 21.8 Å². The molecule has 0 aromatic carbocycles. The molecule has 12 heavy (non-hydrogen) atoms. The Balaban J connectivity index is 2.72. The third kappa shape index (κ3) is 2.56. The van der Waals surface area contributed by atoms with Gasteiger partial charge < -0.3 is 10.1 Å². The van der Waals surface area contributed by atoms with E-state index < -0.39 is 0 Å². The van der Waals surface area contributed by atoms with Gasteiger partial charge in [-0.05, 0) is 5.92 Å². The summed E-state index contributed by atoms with van der Waals surface area (Å²) in [6, 6.07) is 0. The predicted molar refractivity (Wildman–Crippen MR) is 43.4 cm³/mol. The molecule has 0 amide bonds. The number of hydrogen-bond donors (Lipinski definition) is 2. The van der Waals surface area contributed by atoms with Crippen molar-refractivity contribution in [2.75, 3.05) is 6.61 Å². The van der Waals surface area contributed by atoms with Crippen LogP contribution >= 0.6 is 0 Å². The third-order valence-electron chi connectivity index (χ3n) is 1.13. The van der Waals surface area contributed by atoms with E-state index >= 15 is 0 Å². The first-order valence-corrected chi connectivity index (χ1v) is 3.47. The number of aromatic nitrogens is 2. The smallest absolute Gasteiger partial charge is 0.266 e. The van der Waals surface area contributed by atoms with Gasteiger partial charge in [0, 0.05) is 12.6 Å². The van der Waals surface area contributed by atoms with Crippen LogP contribution in [-0.2, 0) is 0 Å². The van der Waals surface area contributed by atoms with Gasteiger partial charge in [-0.25, -0.2) is 4.98 Å². The summed E-state index contributed by atoms with van der Waals surface area (Å²) in [4.78, 5) is 16.7. The second-order valence-corrected chi connectivity index (χ2v) is 2.07. The Bertz CT molecular complexity index is 339. The first kappa shape index (κ1) is 8.50. The molecule has 1 aromatic rings. The zero-order valence-corrected chi connectivity index (χ0v) is 6.37. The molecule has 0 radical (unpaired) electrons. The van der Waals surface area contributed by atoms with Gasteiger partial charge in [-0.1, -0.05) is 5.92 Å². The van der Waals surface area contributed by atoms with E-state index in [1.54, 1.807) is 0 Å².